The first-order chi connectivity index (χ1) is 12.0. The van der Waals surface area contributed by atoms with Gasteiger partial charge in [0, 0.05) is 6.92 Å². The van der Waals surface area contributed by atoms with Gasteiger partial charge in [-0.3, -0.25) is 0 Å². The number of hydrogen-bond donors (Lipinski definition) is 2. The molecule has 25 heavy (non-hydrogen) atoms. The van der Waals surface area contributed by atoms with Crippen LogP contribution in [0.15, 0.2) is 0 Å². The van der Waals surface area contributed by atoms with E-state index in [-0.39, 0.29) is 12.2 Å². The van der Waals surface area contributed by atoms with Gasteiger partial charge in [0.2, 0.25) is 0 Å². The highest BCUT2D eigenvalue weighted by Crippen LogP contribution is 2.34. The summed E-state index contributed by atoms with van der Waals surface area (Å²) >= 11 is 0. The maximum absolute atomic E-state index is 9.18. The zero-order chi connectivity index (χ0) is 18.4. The Kier molecular flexibility index (Phi) is 12.0. The third-order valence-corrected chi connectivity index (χ3v) is 5.15. The van der Waals surface area contributed by atoms with Crippen molar-refractivity contribution in [1.29, 1.82) is 0 Å². The van der Waals surface area contributed by atoms with Gasteiger partial charge in [-0.2, -0.15) is 0 Å². The Morgan fingerprint density at radius 2 is 1.20 bits per heavy atom. The fraction of sp³-hybridized carbons (Fsp3) is 1.00. The van der Waals surface area contributed by atoms with Crippen LogP contribution in [0.5, 0.6) is 0 Å². The summed E-state index contributed by atoms with van der Waals surface area (Å²) in [5, 5.41) is 18.4. The topological polar surface area (TPSA) is 62.2 Å². The second kappa shape index (κ2) is 13.1. The molecule has 0 amide bonds. The van der Waals surface area contributed by atoms with Crippen LogP contribution in [-0.4, -0.2) is 35.0 Å². The van der Waals surface area contributed by atoms with Crippen LogP contribution in [-0.2, 0) is 9.47 Å². The zero-order valence-electron chi connectivity index (χ0n) is 16.7. The standard InChI is InChI=1S/C21H42O4/c1-3-4-5-6-7-8-9-10-11-12-13-14-15-16-17-21(19-25-21)18-24-20(2,22)23/h22-23H,3-19H2,1-2H3. The fourth-order valence-electron chi connectivity index (χ4n) is 3.31. The number of ether oxygens (including phenoxy) is 2. The van der Waals surface area contributed by atoms with Gasteiger partial charge >= 0.3 is 0 Å². The first kappa shape index (κ1) is 22.9. The molecule has 0 bridgehead atoms. The minimum atomic E-state index is -2.05. The molecule has 0 radical (unpaired) electrons. The van der Waals surface area contributed by atoms with E-state index in [2.05, 4.69) is 6.92 Å². The average Bonchev–Trinajstić information content (AvgIpc) is 3.33. The summed E-state index contributed by atoms with van der Waals surface area (Å²) in [4.78, 5) is 0. The highest BCUT2D eigenvalue weighted by molar-refractivity contribution is 4.92. The lowest BCUT2D eigenvalue weighted by atomic mass is 10.0. The summed E-state index contributed by atoms with van der Waals surface area (Å²) < 4.78 is 10.5. The Hall–Kier alpha value is -0.160. The van der Waals surface area contributed by atoms with Gasteiger partial charge in [-0.15, -0.1) is 0 Å². The summed E-state index contributed by atoms with van der Waals surface area (Å²) in [6, 6.07) is 0. The van der Waals surface area contributed by atoms with Crippen molar-refractivity contribution in [3.8, 4) is 0 Å². The molecular weight excluding hydrogens is 316 g/mol. The van der Waals surface area contributed by atoms with Gasteiger partial charge < -0.3 is 19.7 Å². The molecule has 4 heteroatoms. The quantitative estimate of drug-likeness (QED) is 0.198. The van der Waals surface area contributed by atoms with Crippen LogP contribution in [0.25, 0.3) is 0 Å². The third kappa shape index (κ3) is 13.7. The lowest BCUT2D eigenvalue weighted by molar-refractivity contribution is -0.329. The lowest BCUT2D eigenvalue weighted by Gasteiger charge is -2.19. The summed E-state index contributed by atoms with van der Waals surface area (Å²) in [6.07, 6.45) is 20.0. The molecule has 1 heterocycles. The molecule has 0 aromatic carbocycles. The first-order valence-corrected chi connectivity index (χ1v) is 10.7. The number of aliphatic hydroxyl groups is 2. The van der Waals surface area contributed by atoms with Crippen LogP contribution >= 0.6 is 0 Å². The van der Waals surface area contributed by atoms with E-state index in [4.69, 9.17) is 9.47 Å². The van der Waals surface area contributed by atoms with E-state index in [1.165, 1.54) is 90.4 Å². The van der Waals surface area contributed by atoms with Crippen molar-refractivity contribution in [2.45, 2.75) is 122 Å². The minimum Gasteiger partial charge on any atom is -0.367 e. The summed E-state index contributed by atoms with van der Waals surface area (Å²) in [7, 11) is 0. The largest absolute Gasteiger partial charge is 0.367 e. The van der Waals surface area contributed by atoms with Crippen LogP contribution in [0.4, 0.5) is 0 Å². The average molecular weight is 359 g/mol. The summed E-state index contributed by atoms with van der Waals surface area (Å²) in [6.45, 7) is 4.46. The molecule has 0 spiro atoms. The molecular formula is C21H42O4. The molecule has 1 aliphatic rings. The predicted octanol–water partition coefficient (Wildman–Crippen LogP) is 5.30. The molecule has 0 aromatic heterocycles. The molecule has 2 N–H and O–H groups in total. The van der Waals surface area contributed by atoms with Crippen molar-refractivity contribution < 1.29 is 19.7 Å². The Balaban J connectivity index is 1.79. The number of epoxide rings is 1. The molecule has 0 aromatic rings. The van der Waals surface area contributed by atoms with Crippen molar-refractivity contribution in [3.05, 3.63) is 0 Å². The normalized spacial score (nSPS) is 20.2. The molecule has 4 nitrogen and oxygen atoms in total. The predicted molar refractivity (Wildman–Crippen MR) is 102 cm³/mol. The molecule has 1 unspecified atom stereocenters. The molecule has 1 fully saturated rings. The van der Waals surface area contributed by atoms with Crippen molar-refractivity contribution >= 4 is 0 Å². The highest BCUT2D eigenvalue weighted by atomic mass is 16.8. The maximum Gasteiger partial charge on any atom is 0.274 e. The minimum absolute atomic E-state index is 0.246. The van der Waals surface area contributed by atoms with E-state index in [0.29, 0.717) is 6.61 Å². The van der Waals surface area contributed by atoms with Gasteiger partial charge in [-0.25, -0.2) is 0 Å². The van der Waals surface area contributed by atoms with Gasteiger partial charge in [0.05, 0.1) is 13.2 Å². The second-order valence-electron chi connectivity index (χ2n) is 8.04. The third-order valence-electron chi connectivity index (χ3n) is 5.15. The molecule has 150 valence electrons. The van der Waals surface area contributed by atoms with Crippen LogP contribution in [0.3, 0.4) is 0 Å². The van der Waals surface area contributed by atoms with Crippen molar-refractivity contribution in [3.63, 3.8) is 0 Å². The van der Waals surface area contributed by atoms with E-state index in [1.807, 2.05) is 0 Å². The highest BCUT2D eigenvalue weighted by Gasteiger charge is 2.45. The Morgan fingerprint density at radius 1 is 0.800 bits per heavy atom. The van der Waals surface area contributed by atoms with E-state index < -0.39 is 5.97 Å². The Bertz CT molecular complexity index is 308. The fourth-order valence-corrected chi connectivity index (χ4v) is 3.31. The van der Waals surface area contributed by atoms with Gasteiger partial charge in [-0.1, -0.05) is 96.8 Å². The molecule has 0 saturated carbocycles. The smallest absolute Gasteiger partial charge is 0.274 e. The lowest BCUT2D eigenvalue weighted by Crippen LogP contribution is -2.33. The van der Waals surface area contributed by atoms with Crippen molar-refractivity contribution in [2.24, 2.45) is 0 Å². The van der Waals surface area contributed by atoms with Crippen LogP contribution in [0, 0.1) is 0 Å². The maximum atomic E-state index is 9.18. The van der Waals surface area contributed by atoms with E-state index >= 15 is 0 Å². The SMILES string of the molecule is CCCCCCCCCCCCCCCCC1(COC(C)(O)O)CO1. The van der Waals surface area contributed by atoms with Gasteiger partial charge in [0.1, 0.15) is 5.60 Å². The van der Waals surface area contributed by atoms with Crippen molar-refractivity contribution in [2.75, 3.05) is 13.2 Å². The molecule has 1 rings (SSSR count). The Labute approximate surface area is 155 Å². The van der Waals surface area contributed by atoms with Gasteiger partial charge in [-0.05, 0) is 6.42 Å². The molecule has 1 saturated heterocycles. The second-order valence-corrected chi connectivity index (χ2v) is 8.04. The summed E-state index contributed by atoms with van der Waals surface area (Å²) in [5.41, 5.74) is -0.246. The number of rotatable bonds is 18. The molecule has 1 aliphatic heterocycles. The van der Waals surface area contributed by atoms with Gasteiger partial charge in [0.15, 0.2) is 0 Å². The van der Waals surface area contributed by atoms with Gasteiger partial charge in [0.25, 0.3) is 5.97 Å². The zero-order valence-corrected chi connectivity index (χ0v) is 16.7. The monoisotopic (exact) mass is 358 g/mol. The van der Waals surface area contributed by atoms with Crippen LogP contribution < -0.4 is 0 Å². The van der Waals surface area contributed by atoms with Crippen LogP contribution in [0.1, 0.15) is 110 Å². The van der Waals surface area contributed by atoms with Crippen molar-refractivity contribution in [1.82, 2.24) is 0 Å². The molecule has 0 aliphatic carbocycles. The number of hydrogen-bond acceptors (Lipinski definition) is 4. The first-order valence-electron chi connectivity index (χ1n) is 10.7. The van der Waals surface area contributed by atoms with E-state index in [0.717, 1.165) is 12.8 Å². The summed E-state index contributed by atoms with van der Waals surface area (Å²) in [5.74, 6) is -2.05. The van der Waals surface area contributed by atoms with E-state index in [9.17, 15) is 10.2 Å². The van der Waals surface area contributed by atoms with Crippen LogP contribution in [0.2, 0.25) is 0 Å². The molecule has 1 atom stereocenters. The number of unbranched alkanes of at least 4 members (excludes halogenated alkanes) is 13. The Morgan fingerprint density at radius 3 is 1.56 bits per heavy atom. The van der Waals surface area contributed by atoms with E-state index in [1.54, 1.807) is 0 Å².